The quantitative estimate of drug-likeness (QED) is 0.677. The molecule has 0 spiro atoms. The van der Waals surface area contributed by atoms with Crippen LogP contribution in [0.1, 0.15) is 11.4 Å². The van der Waals surface area contributed by atoms with Gasteiger partial charge < -0.3 is 19.8 Å². The summed E-state index contributed by atoms with van der Waals surface area (Å²) >= 11 is 0. The molecule has 0 amide bonds. The lowest BCUT2D eigenvalue weighted by Gasteiger charge is -2.19. The first kappa shape index (κ1) is 19.5. The van der Waals surface area contributed by atoms with E-state index in [-0.39, 0.29) is 24.1 Å². The number of likely N-dealkylation sites (tertiary alicyclic amines) is 1. The van der Waals surface area contributed by atoms with Crippen molar-refractivity contribution in [2.75, 3.05) is 38.2 Å². The summed E-state index contributed by atoms with van der Waals surface area (Å²) in [6.07, 6.45) is 1.02. The second-order valence-electron chi connectivity index (χ2n) is 8.31. The predicted octanol–water partition coefficient (Wildman–Crippen LogP) is 3.13. The molecule has 7 heteroatoms. The minimum absolute atomic E-state index is 0.0184. The summed E-state index contributed by atoms with van der Waals surface area (Å²) in [6.45, 7) is 5.83. The number of benzene rings is 2. The Balaban J connectivity index is 1.13. The van der Waals surface area contributed by atoms with Gasteiger partial charge in [-0.1, -0.05) is 12.1 Å². The summed E-state index contributed by atoms with van der Waals surface area (Å²) in [5, 5.41) is 3.31. The van der Waals surface area contributed by atoms with Gasteiger partial charge in [-0.05, 0) is 42.8 Å². The third-order valence-electron chi connectivity index (χ3n) is 5.86. The van der Waals surface area contributed by atoms with Crippen molar-refractivity contribution in [1.82, 2.24) is 14.9 Å². The lowest BCUT2D eigenvalue weighted by atomic mass is 10.2. The molecule has 2 N–H and O–H groups in total. The van der Waals surface area contributed by atoms with Crippen molar-refractivity contribution in [3.05, 3.63) is 59.7 Å². The molecule has 0 radical (unpaired) electrons. The monoisotopic (exact) mass is 410 g/mol. The van der Waals surface area contributed by atoms with E-state index in [1.807, 2.05) is 6.07 Å². The molecule has 6 nitrogen and oxygen atoms in total. The number of aryl methyl sites for hydroxylation is 1. The van der Waals surface area contributed by atoms with Gasteiger partial charge >= 0.3 is 0 Å². The topological polar surface area (TPSA) is 62.4 Å². The number of anilines is 1. The molecule has 3 heterocycles. The summed E-state index contributed by atoms with van der Waals surface area (Å²) in [6, 6.07) is 12.8. The summed E-state index contributed by atoms with van der Waals surface area (Å²) in [7, 11) is 0. The number of rotatable bonds is 5. The zero-order valence-corrected chi connectivity index (χ0v) is 17.1. The smallest absolute Gasteiger partial charge is 0.125 e. The number of fused-ring (bicyclic) bond motifs is 2. The molecule has 5 rings (SSSR count). The molecular formula is C23H27FN4O2. The maximum absolute atomic E-state index is 13.4. The number of halogens is 1. The lowest BCUT2D eigenvalue weighted by Crippen LogP contribution is -2.31. The summed E-state index contributed by atoms with van der Waals surface area (Å²) in [5.74, 6) is 0.770. The van der Waals surface area contributed by atoms with E-state index in [9.17, 15) is 4.39 Å². The largest absolute Gasteiger partial charge is 0.378 e. The Hall–Kier alpha value is -2.48. The molecule has 0 aliphatic carbocycles. The molecule has 30 heavy (non-hydrogen) atoms. The van der Waals surface area contributed by atoms with Crippen molar-refractivity contribution in [3.8, 4) is 0 Å². The average molecular weight is 410 g/mol. The van der Waals surface area contributed by atoms with Gasteiger partial charge in [-0.15, -0.1) is 0 Å². The van der Waals surface area contributed by atoms with E-state index in [1.54, 1.807) is 6.07 Å². The Bertz CT molecular complexity index is 1010. The number of H-pyrrole nitrogens is 1. The van der Waals surface area contributed by atoms with E-state index < -0.39 is 0 Å². The first-order valence-corrected chi connectivity index (χ1v) is 10.6. The van der Waals surface area contributed by atoms with Gasteiger partial charge in [-0.25, -0.2) is 9.37 Å². The molecule has 0 bridgehead atoms. The molecular weight excluding hydrogens is 383 g/mol. The van der Waals surface area contributed by atoms with Gasteiger partial charge in [0.15, 0.2) is 0 Å². The van der Waals surface area contributed by atoms with E-state index in [0.717, 1.165) is 48.6 Å². The van der Waals surface area contributed by atoms with Gasteiger partial charge in [0.1, 0.15) is 11.6 Å². The number of hydrogen-bond donors (Lipinski definition) is 2. The van der Waals surface area contributed by atoms with Crippen LogP contribution in [-0.4, -0.2) is 66.0 Å². The van der Waals surface area contributed by atoms with Crippen LogP contribution in [-0.2, 0) is 15.9 Å². The number of hydrogen-bond acceptors (Lipinski definition) is 5. The zero-order chi connectivity index (χ0) is 20.5. The van der Waals surface area contributed by atoms with Crippen molar-refractivity contribution < 1.29 is 13.9 Å². The molecule has 0 saturated carbocycles. The maximum atomic E-state index is 13.4. The highest BCUT2D eigenvalue weighted by Crippen LogP contribution is 2.22. The third kappa shape index (κ3) is 4.33. The highest BCUT2D eigenvalue weighted by Gasteiger charge is 2.37. The van der Waals surface area contributed by atoms with Gasteiger partial charge in [0.25, 0.3) is 0 Å². The second-order valence-corrected chi connectivity index (χ2v) is 8.31. The highest BCUT2D eigenvalue weighted by molar-refractivity contribution is 5.75. The van der Waals surface area contributed by atoms with Gasteiger partial charge in [0, 0.05) is 31.7 Å². The first-order chi connectivity index (χ1) is 14.6. The first-order valence-electron chi connectivity index (χ1n) is 10.6. The van der Waals surface area contributed by atoms with Crippen LogP contribution >= 0.6 is 0 Å². The highest BCUT2D eigenvalue weighted by atomic mass is 19.1. The predicted molar refractivity (Wildman–Crippen MR) is 114 cm³/mol. The molecule has 158 valence electrons. The lowest BCUT2D eigenvalue weighted by molar-refractivity contribution is -0.00461. The van der Waals surface area contributed by atoms with E-state index in [0.29, 0.717) is 13.2 Å². The Kier molecular flexibility index (Phi) is 5.41. The summed E-state index contributed by atoms with van der Waals surface area (Å²) in [4.78, 5) is 10.5. The number of nitrogens with zero attached hydrogens (tertiary/aromatic N) is 2. The number of aromatic amines is 1. The van der Waals surface area contributed by atoms with Crippen molar-refractivity contribution in [2.45, 2.75) is 31.6 Å². The molecule has 2 aromatic carbocycles. The Labute approximate surface area is 175 Å². The molecule has 2 atom stereocenters. The van der Waals surface area contributed by atoms with Gasteiger partial charge in [-0.2, -0.15) is 0 Å². The number of aromatic nitrogens is 2. The van der Waals surface area contributed by atoms with Crippen LogP contribution in [0.4, 0.5) is 10.1 Å². The van der Waals surface area contributed by atoms with Crippen molar-refractivity contribution >= 4 is 16.7 Å². The van der Waals surface area contributed by atoms with E-state index in [2.05, 4.69) is 40.3 Å². The van der Waals surface area contributed by atoms with Crippen LogP contribution in [0.25, 0.3) is 11.0 Å². The second kappa shape index (κ2) is 8.34. The van der Waals surface area contributed by atoms with Crippen LogP contribution in [0, 0.1) is 12.7 Å². The molecule has 2 aliphatic heterocycles. The fourth-order valence-corrected chi connectivity index (χ4v) is 4.30. The van der Waals surface area contributed by atoms with Crippen molar-refractivity contribution in [1.29, 1.82) is 0 Å². The Morgan fingerprint density at radius 2 is 1.93 bits per heavy atom. The maximum Gasteiger partial charge on any atom is 0.125 e. The minimum atomic E-state index is -0.248. The molecule has 3 aromatic rings. The fourth-order valence-electron chi connectivity index (χ4n) is 4.30. The van der Waals surface area contributed by atoms with Crippen LogP contribution in [0.3, 0.4) is 0 Å². The van der Waals surface area contributed by atoms with Crippen LogP contribution < -0.4 is 5.32 Å². The SMILES string of the molecule is Cc1ccc2nc(CCN3C[C@@H]4OCC(Nc5cccc(F)c5)CO[C@H]4C3)[nH]c2c1. The van der Waals surface area contributed by atoms with Gasteiger partial charge in [-0.3, -0.25) is 4.90 Å². The van der Waals surface area contributed by atoms with E-state index >= 15 is 0 Å². The molecule has 2 fully saturated rings. The van der Waals surface area contributed by atoms with Gasteiger partial charge in [0.05, 0.1) is 42.5 Å². The van der Waals surface area contributed by atoms with E-state index in [1.165, 1.54) is 17.7 Å². The fraction of sp³-hybridized carbons (Fsp3) is 0.435. The average Bonchev–Trinajstić information content (AvgIpc) is 3.26. The Morgan fingerprint density at radius 1 is 1.13 bits per heavy atom. The van der Waals surface area contributed by atoms with Gasteiger partial charge in [0.2, 0.25) is 0 Å². The number of ether oxygens (including phenoxy) is 2. The minimum Gasteiger partial charge on any atom is -0.378 e. The van der Waals surface area contributed by atoms with Crippen molar-refractivity contribution in [2.24, 2.45) is 0 Å². The number of imidazole rings is 1. The normalized spacial score (nSPS) is 22.9. The Morgan fingerprint density at radius 3 is 2.70 bits per heavy atom. The van der Waals surface area contributed by atoms with Crippen LogP contribution in [0.5, 0.6) is 0 Å². The van der Waals surface area contributed by atoms with Crippen LogP contribution in [0.2, 0.25) is 0 Å². The third-order valence-corrected chi connectivity index (χ3v) is 5.86. The van der Waals surface area contributed by atoms with Crippen molar-refractivity contribution in [3.63, 3.8) is 0 Å². The summed E-state index contributed by atoms with van der Waals surface area (Å²) < 4.78 is 25.7. The summed E-state index contributed by atoms with van der Waals surface area (Å²) in [5.41, 5.74) is 4.10. The molecule has 1 aromatic heterocycles. The molecule has 2 aliphatic rings. The van der Waals surface area contributed by atoms with Crippen LogP contribution in [0.15, 0.2) is 42.5 Å². The standard InChI is InChI=1S/C23H27FN4O2/c1-15-5-6-19-20(9-15)27-23(26-19)7-8-28-11-21-22(12-28)30-14-18(13-29-21)25-17-4-2-3-16(24)10-17/h2-6,9-10,18,21-22,25H,7-8,11-14H2,1H3,(H,26,27)/t21-,22-/m0/s1. The zero-order valence-electron chi connectivity index (χ0n) is 17.1. The van der Waals surface area contributed by atoms with E-state index in [4.69, 9.17) is 14.5 Å². The number of nitrogens with one attached hydrogen (secondary N) is 2. The molecule has 0 unspecified atom stereocenters. The molecule has 2 saturated heterocycles.